The Labute approximate surface area is 205 Å². The van der Waals surface area contributed by atoms with E-state index in [0.717, 1.165) is 6.92 Å². The molecular weight excluding hydrogens is 482 g/mol. The highest BCUT2D eigenvalue weighted by Crippen LogP contribution is 2.48. The van der Waals surface area contributed by atoms with E-state index in [4.69, 9.17) is 4.42 Å². The number of carbonyl (C=O) groups is 2. The minimum atomic E-state index is -2.80. The fourth-order valence-corrected chi connectivity index (χ4v) is 4.57. The molecule has 1 aromatic heterocycles. The average molecular weight is 510 g/mol. The first-order chi connectivity index (χ1) is 17.0. The van der Waals surface area contributed by atoms with E-state index in [-0.39, 0.29) is 48.7 Å². The minimum Gasteiger partial charge on any atom is -0.404 e. The molecule has 2 aliphatic rings. The van der Waals surface area contributed by atoms with Gasteiger partial charge in [0.25, 0.3) is 5.92 Å². The molecule has 194 valence electrons. The first-order valence-corrected chi connectivity index (χ1v) is 11.6. The molecule has 0 bridgehead atoms. The molecule has 12 heteroatoms. The van der Waals surface area contributed by atoms with Gasteiger partial charge in [-0.15, -0.1) is 5.10 Å². The Bertz CT molecular complexity index is 1160. The SMILES string of the molecule is CNC(=O)CCC(C=O)c1c(F)cc(N2CC(Nc3nnc(C4=C(C)C(C(C)(F)F)C4)o3)C2)cc1F. The van der Waals surface area contributed by atoms with E-state index in [2.05, 4.69) is 20.8 Å². The summed E-state index contributed by atoms with van der Waals surface area (Å²) in [6, 6.07) is 2.34. The summed E-state index contributed by atoms with van der Waals surface area (Å²) in [7, 11) is 1.44. The summed E-state index contributed by atoms with van der Waals surface area (Å²) in [4.78, 5) is 24.6. The summed E-state index contributed by atoms with van der Waals surface area (Å²) in [5.74, 6) is -6.52. The number of aldehydes is 1. The van der Waals surface area contributed by atoms with Gasteiger partial charge in [-0.3, -0.25) is 4.79 Å². The standard InChI is InChI=1S/C24H27F4N5O3/c1-12-16(8-17(12)24(2,27)28)22-31-32-23(36-22)30-14-9-33(10-14)15-6-18(25)21(19(26)7-15)13(11-34)4-5-20(35)29-3/h6-7,11,13-14,17H,4-5,8-10H2,1-3H3,(H,29,35)(H,30,32). The first kappa shape index (κ1) is 25.6. The molecule has 0 radical (unpaired) electrons. The minimum absolute atomic E-state index is 0.00378. The molecule has 2 N–H and O–H groups in total. The summed E-state index contributed by atoms with van der Waals surface area (Å²) in [6.07, 6.45) is 0.579. The molecule has 2 unspecified atom stereocenters. The van der Waals surface area contributed by atoms with Crippen LogP contribution in [0, 0.1) is 17.6 Å². The molecule has 36 heavy (non-hydrogen) atoms. The number of nitrogens with zero attached hydrogens (tertiary/aromatic N) is 3. The third-order valence-electron chi connectivity index (χ3n) is 6.84. The van der Waals surface area contributed by atoms with Gasteiger partial charge < -0.3 is 24.7 Å². The highest BCUT2D eigenvalue weighted by Gasteiger charge is 2.44. The number of hydrogen-bond acceptors (Lipinski definition) is 7. The number of halogens is 4. The van der Waals surface area contributed by atoms with Gasteiger partial charge in [0.05, 0.1) is 6.04 Å². The number of amides is 1. The van der Waals surface area contributed by atoms with Crippen molar-refractivity contribution in [3.05, 3.63) is 40.8 Å². The van der Waals surface area contributed by atoms with Crippen LogP contribution in [0.5, 0.6) is 0 Å². The molecule has 1 amide bonds. The van der Waals surface area contributed by atoms with Crippen LogP contribution in [0.1, 0.15) is 50.5 Å². The molecule has 2 heterocycles. The monoisotopic (exact) mass is 509 g/mol. The summed E-state index contributed by atoms with van der Waals surface area (Å²) in [5.41, 5.74) is 1.11. The molecule has 2 aromatic rings. The highest BCUT2D eigenvalue weighted by molar-refractivity contribution is 5.76. The molecule has 1 fully saturated rings. The summed E-state index contributed by atoms with van der Waals surface area (Å²) < 4.78 is 62.1. The van der Waals surface area contributed by atoms with Gasteiger partial charge in [-0.05, 0) is 38.8 Å². The number of hydrogen-bond donors (Lipinski definition) is 2. The molecule has 1 saturated heterocycles. The zero-order valence-corrected chi connectivity index (χ0v) is 20.1. The van der Waals surface area contributed by atoms with Crippen LogP contribution < -0.4 is 15.5 Å². The molecule has 4 rings (SSSR count). The van der Waals surface area contributed by atoms with E-state index in [9.17, 15) is 27.2 Å². The second-order valence-corrected chi connectivity index (χ2v) is 9.31. The molecule has 0 saturated carbocycles. The maximum Gasteiger partial charge on any atom is 0.316 e. The quantitative estimate of drug-likeness (QED) is 0.370. The third kappa shape index (κ3) is 5.07. The number of alkyl halides is 2. The molecule has 8 nitrogen and oxygen atoms in total. The lowest BCUT2D eigenvalue weighted by atomic mass is 9.75. The Morgan fingerprint density at radius 3 is 2.50 bits per heavy atom. The number of benzene rings is 1. The fourth-order valence-electron chi connectivity index (χ4n) is 4.57. The fraction of sp³-hybridized carbons (Fsp3) is 0.500. The van der Waals surface area contributed by atoms with Gasteiger partial charge in [0, 0.05) is 55.2 Å². The zero-order valence-electron chi connectivity index (χ0n) is 20.1. The van der Waals surface area contributed by atoms with E-state index < -0.39 is 29.4 Å². The summed E-state index contributed by atoms with van der Waals surface area (Å²) in [5, 5.41) is 13.3. The van der Waals surface area contributed by atoms with Crippen molar-refractivity contribution in [3.8, 4) is 0 Å². The van der Waals surface area contributed by atoms with Gasteiger partial charge in [-0.25, -0.2) is 17.6 Å². The van der Waals surface area contributed by atoms with E-state index in [0.29, 0.717) is 36.2 Å². The van der Waals surface area contributed by atoms with Gasteiger partial charge in [0.2, 0.25) is 11.8 Å². The smallest absolute Gasteiger partial charge is 0.316 e. The Hall–Kier alpha value is -3.44. The van der Waals surface area contributed by atoms with Crippen LogP contribution in [0.2, 0.25) is 0 Å². The Morgan fingerprint density at radius 1 is 1.28 bits per heavy atom. The van der Waals surface area contributed by atoms with Crippen molar-refractivity contribution in [2.24, 2.45) is 5.92 Å². The van der Waals surface area contributed by atoms with E-state index in [1.165, 1.54) is 19.2 Å². The van der Waals surface area contributed by atoms with Crippen LogP contribution in [0.15, 0.2) is 22.1 Å². The topological polar surface area (TPSA) is 100 Å². The van der Waals surface area contributed by atoms with E-state index >= 15 is 0 Å². The maximum absolute atomic E-state index is 14.7. The number of nitrogens with one attached hydrogen (secondary N) is 2. The lowest BCUT2D eigenvalue weighted by Crippen LogP contribution is -2.55. The van der Waals surface area contributed by atoms with Crippen LogP contribution in [0.4, 0.5) is 29.3 Å². The van der Waals surface area contributed by atoms with Gasteiger partial charge >= 0.3 is 6.01 Å². The van der Waals surface area contributed by atoms with Gasteiger partial charge in [-0.1, -0.05) is 10.7 Å². The van der Waals surface area contributed by atoms with Crippen molar-refractivity contribution in [1.29, 1.82) is 0 Å². The molecule has 2 atom stereocenters. The zero-order chi connectivity index (χ0) is 26.2. The lowest BCUT2D eigenvalue weighted by molar-refractivity contribution is -0.120. The number of aromatic nitrogens is 2. The maximum atomic E-state index is 14.7. The predicted molar refractivity (Wildman–Crippen MR) is 124 cm³/mol. The first-order valence-electron chi connectivity index (χ1n) is 11.6. The molecular formula is C24H27F4N5O3. The van der Waals surface area contributed by atoms with Gasteiger partial charge in [0.1, 0.15) is 17.9 Å². The van der Waals surface area contributed by atoms with Crippen molar-refractivity contribution in [1.82, 2.24) is 15.5 Å². The van der Waals surface area contributed by atoms with Crippen LogP contribution >= 0.6 is 0 Å². The van der Waals surface area contributed by atoms with Crippen molar-refractivity contribution < 1.29 is 31.6 Å². The molecule has 1 aromatic carbocycles. The van der Waals surface area contributed by atoms with Crippen molar-refractivity contribution in [3.63, 3.8) is 0 Å². The van der Waals surface area contributed by atoms with Gasteiger partial charge in [0.15, 0.2) is 0 Å². The second-order valence-electron chi connectivity index (χ2n) is 9.31. The molecule has 0 spiro atoms. The predicted octanol–water partition coefficient (Wildman–Crippen LogP) is 3.91. The number of carbonyl (C=O) groups excluding carboxylic acids is 2. The van der Waals surface area contributed by atoms with Crippen molar-refractivity contribution in [2.75, 3.05) is 30.4 Å². The third-order valence-corrected chi connectivity index (χ3v) is 6.84. The Morgan fingerprint density at radius 2 is 1.94 bits per heavy atom. The highest BCUT2D eigenvalue weighted by atomic mass is 19.3. The Kier molecular flexibility index (Phi) is 7.05. The van der Waals surface area contributed by atoms with E-state index in [1.807, 2.05) is 0 Å². The van der Waals surface area contributed by atoms with Gasteiger partial charge in [-0.2, -0.15) is 0 Å². The van der Waals surface area contributed by atoms with E-state index in [1.54, 1.807) is 11.8 Å². The van der Waals surface area contributed by atoms with Crippen LogP contribution in [-0.2, 0) is 9.59 Å². The largest absolute Gasteiger partial charge is 0.404 e. The molecule has 1 aliphatic carbocycles. The van der Waals surface area contributed by atoms with Crippen LogP contribution in [0.25, 0.3) is 5.57 Å². The number of rotatable bonds is 10. The summed E-state index contributed by atoms with van der Waals surface area (Å²) >= 11 is 0. The Balaban J connectivity index is 1.35. The van der Waals surface area contributed by atoms with Crippen LogP contribution in [-0.4, -0.2) is 54.5 Å². The van der Waals surface area contributed by atoms with Crippen molar-refractivity contribution in [2.45, 2.75) is 51.0 Å². The lowest BCUT2D eigenvalue weighted by Gasteiger charge is -2.41. The normalized spacial score (nSPS) is 19.0. The van der Waals surface area contributed by atoms with Crippen LogP contribution in [0.3, 0.4) is 0 Å². The van der Waals surface area contributed by atoms with Crippen molar-refractivity contribution >= 4 is 29.5 Å². The number of anilines is 2. The second kappa shape index (κ2) is 9.90. The average Bonchev–Trinajstić information content (AvgIpc) is 3.22. The number of allylic oxidation sites excluding steroid dienone is 2. The summed E-state index contributed by atoms with van der Waals surface area (Å²) in [6.45, 7) is 3.32. The molecule has 1 aliphatic heterocycles.